The Morgan fingerprint density at radius 1 is 1.19 bits per heavy atom. The lowest BCUT2D eigenvalue weighted by Crippen LogP contribution is -2.41. The van der Waals surface area contributed by atoms with Gasteiger partial charge in [0, 0.05) is 43.1 Å². The number of piperidine rings is 1. The van der Waals surface area contributed by atoms with Crippen LogP contribution in [-0.2, 0) is 4.79 Å². The topological polar surface area (TPSA) is 63.1 Å². The number of rotatable bonds is 4. The van der Waals surface area contributed by atoms with E-state index in [-0.39, 0.29) is 11.8 Å². The molecule has 1 atom stereocenters. The molecule has 3 heterocycles. The van der Waals surface area contributed by atoms with Crippen molar-refractivity contribution in [3.8, 4) is 5.69 Å². The number of hydrogen-bond donors (Lipinski definition) is 1. The van der Waals surface area contributed by atoms with Gasteiger partial charge >= 0.3 is 0 Å². The average molecular weight is 361 g/mol. The third-order valence-corrected chi connectivity index (χ3v) is 5.06. The molecular weight excluding hydrogens is 338 g/mol. The molecule has 0 radical (unpaired) electrons. The van der Waals surface area contributed by atoms with Gasteiger partial charge in [-0.25, -0.2) is 0 Å². The lowest BCUT2D eigenvalue weighted by molar-refractivity contribution is -0.120. The summed E-state index contributed by atoms with van der Waals surface area (Å²) in [6.45, 7) is 3.59. The van der Waals surface area contributed by atoms with E-state index in [4.69, 9.17) is 0 Å². The zero-order valence-electron chi connectivity index (χ0n) is 15.4. The first-order valence-electron chi connectivity index (χ1n) is 9.28. The highest BCUT2D eigenvalue weighted by molar-refractivity contribution is 5.94. The van der Waals surface area contributed by atoms with Crippen LogP contribution in [0.2, 0.25) is 0 Å². The van der Waals surface area contributed by atoms with Gasteiger partial charge in [-0.15, -0.1) is 5.10 Å². The molecule has 6 nitrogen and oxygen atoms in total. The van der Waals surface area contributed by atoms with Gasteiger partial charge in [0.25, 0.3) is 0 Å². The van der Waals surface area contributed by atoms with Crippen molar-refractivity contribution in [2.75, 3.05) is 23.3 Å². The Morgan fingerprint density at radius 2 is 2.04 bits per heavy atom. The van der Waals surface area contributed by atoms with Gasteiger partial charge in [0.15, 0.2) is 5.82 Å². The molecule has 138 valence electrons. The number of hydrogen-bond acceptors (Lipinski definition) is 4. The molecule has 1 fully saturated rings. The summed E-state index contributed by atoms with van der Waals surface area (Å²) in [5.74, 6) is 0.840. The van der Waals surface area contributed by atoms with Gasteiger partial charge in [-0.2, -0.15) is 5.10 Å². The number of carbonyl (C=O) groups excluding carboxylic acids is 1. The van der Waals surface area contributed by atoms with Crippen LogP contribution in [0.5, 0.6) is 0 Å². The monoisotopic (exact) mass is 361 g/mol. The Kier molecular flexibility index (Phi) is 4.87. The van der Waals surface area contributed by atoms with E-state index in [1.165, 1.54) is 0 Å². The number of aryl methyl sites for hydroxylation is 1. The van der Waals surface area contributed by atoms with Crippen molar-refractivity contribution < 1.29 is 4.79 Å². The van der Waals surface area contributed by atoms with Crippen LogP contribution in [0.25, 0.3) is 5.69 Å². The molecule has 3 aromatic rings. The highest BCUT2D eigenvalue weighted by atomic mass is 16.1. The van der Waals surface area contributed by atoms with E-state index >= 15 is 0 Å². The van der Waals surface area contributed by atoms with E-state index < -0.39 is 0 Å². The van der Waals surface area contributed by atoms with Crippen LogP contribution in [0, 0.1) is 12.8 Å². The largest absolute Gasteiger partial charge is 0.354 e. The molecular formula is C21H23N5O. The van der Waals surface area contributed by atoms with Crippen molar-refractivity contribution in [2.24, 2.45) is 5.92 Å². The number of anilines is 2. The molecule has 1 aromatic carbocycles. The van der Waals surface area contributed by atoms with Gasteiger partial charge in [0.05, 0.1) is 5.92 Å². The lowest BCUT2D eigenvalue weighted by atomic mass is 9.97. The highest BCUT2D eigenvalue weighted by Crippen LogP contribution is 2.24. The summed E-state index contributed by atoms with van der Waals surface area (Å²) < 4.78 is 2.03. The minimum absolute atomic E-state index is 0.0598. The van der Waals surface area contributed by atoms with Gasteiger partial charge < -0.3 is 14.8 Å². The molecule has 2 aromatic heterocycles. The normalized spacial score (nSPS) is 16.9. The van der Waals surface area contributed by atoms with Crippen LogP contribution >= 0.6 is 0 Å². The number of nitrogens with one attached hydrogen (secondary N) is 1. The number of nitrogens with zero attached hydrogens (tertiary/aromatic N) is 4. The van der Waals surface area contributed by atoms with E-state index in [1.807, 2.05) is 60.3 Å². The summed E-state index contributed by atoms with van der Waals surface area (Å²) in [4.78, 5) is 15.1. The number of aromatic nitrogens is 3. The molecule has 0 spiro atoms. The number of carbonyl (C=O) groups is 1. The minimum Gasteiger partial charge on any atom is -0.354 e. The fraction of sp³-hybridized carbons (Fsp3) is 0.286. The second-order valence-corrected chi connectivity index (χ2v) is 6.95. The van der Waals surface area contributed by atoms with Crippen LogP contribution in [0.3, 0.4) is 0 Å². The zero-order chi connectivity index (χ0) is 18.6. The summed E-state index contributed by atoms with van der Waals surface area (Å²) in [6, 6.07) is 13.9. The van der Waals surface area contributed by atoms with E-state index in [9.17, 15) is 4.79 Å². The molecule has 0 aliphatic carbocycles. The Morgan fingerprint density at radius 3 is 2.81 bits per heavy atom. The summed E-state index contributed by atoms with van der Waals surface area (Å²) in [6.07, 6.45) is 7.51. The molecule has 1 saturated heterocycles. The van der Waals surface area contributed by atoms with E-state index in [0.29, 0.717) is 6.54 Å². The highest BCUT2D eigenvalue weighted by Gasteiger charge is 2.27. The Balaban J connectivity index is 1.48. The van der Waals surface area contributed by atoms with Crippen LogP contribution in [0.1, 0.15) is 18.4 Å². The fourth-order valence-corrected chi connectivity index (χ4v) is 3.51. The average Bonchev–Trinajstić information content (AvgIpc) is 3.25. The number of amides is 1. The maximum Gasteiger partial charge on any atom is 0.229 e. The van der Waals surface area contributed by atoms with E-state index in [0.717, 1.165) is 42.1 Å². The third-order valence-electron chi connectivity index (χ3n) is 5.06. The Hall–Kier alpha value is -3.15. The van der Waals surface area contributed by atoms with Gasteiger partial charge in [0.2, 0.25) is 5.91 Å². The molecule has 0 saturated carbocycles. The van der Waals surface area contributed by atoms with E-state index in [1.54, 1.807) is 6.20 Å². The van der Waals surface area contributed by atoms with Crippen LogP contribution in [0.15, 0.2) is 61.1 Å². The van der Waals surface area contributed by atoms with Crippen molar-refractivity contribution >= 4 is 17.4 Å². The predicted molar refractivity (Wildman–Crippen MR) is 106 cm³/mol. The smallest absolute Gasteiger partial charge is 0.229 e. The predicted octanol–water partition coefficient (Wildman–Crippen LogP) is 3.43. The molecule has 4 rings (SSSR count). The van der Waals surface area contributed by atoms with Crippen molar-refractivity contribution in [3.63, 3.8) is 0 Å². The van der Waals surface area contributed by atoms with Crippen LogP contribution in [0.4, 0.5) is 11.5 Å². The first-order valence-corrected chi connectivity index (χ1v) is 9.28. The lowest BCUT2D eigenvalue weighted by Gasteiger charge is -2.32. The van der Waals surface area contributed by atoms with Gasteiger partial charge in [-0.1, -0.05) is 6.07 Å². The standard InChI is InChI=1S/C21H23N5O/c1-16-8-9-18(25-11-2-3-12-25)14-19(16)23-21(27)17-6-5-13-26(15-17)20-7-4-10-22-24-20/h2-4,7-12,14,17H,5-6,13,15H2,1H3,(H,23,27). The molecule has 6 heteroatoms. The van der Waals surface area contributed by atoms with Gasteiger partial charge in [-0.05, 0) is 61.7 Å². The first-order chi connectivity index (χ1) is 13.2. The van der Waals surface area contributed by atoms with Crippen molar-refractivity contribution in [2.45, 2.75) is 19.8 Å². The molecule has 1 N–H and O–H groups in total. The van der Waals surface area contributed by atoms with Gasteiger partial charge in [0.1, 0.15) is 0 Å². The quantitative estimate of drug-likeness (QED) is 0.773. The van der Waals surface area contributed by atoms with Crippen LogP contribution in [-0.4, -0.2) is 33.8 Å². The Bertz CT molecular complexity index is 908. The number of benzene rings is 1. The second kappa shape index (κ2) is 7.61. The Labute approximate surface area is 158 Å². The maximum atomic E-state index is 12.9. The molecule has 1 amide bonds. The van der Waals surface area contributed by atoms with E-state index in [2.05, 4.69) is 26.5 Å². The summed E-state index contributed by atoms with van der Waals surface area (Å²) in [5, 5.41) is 11.3. The fourth-order valence-electron chi connectivity index (χ4n) is 3.51. The summed E-state index contributed by atoms with van der Waals surface area (Å²) >= 11 is 0. The van der Waals surface area contributed by atoms with Crippen LogP contribution < -0.4 is 10.2 Å². The van der Waals surface area contributed by atoms with Crippen molar-refractivity contribution in [1.82, 2.24) is 14.8 Å². The molecule has 1 unspecified atom stereocenters. The molecule has 1 aliphatic heterocycles. The second-order valence-electron chi connectivity index (χ2n) is 6.95. The third kappa shape index (κ3) is 3.84. The summed E-state index contributed by atoms with van der Waals surface area (Å²) in [7, 11) is 0. The molecule has 1 aliphatic rings. The van der Waals surface area contributed by atoms with Gasteiger partial charge in [-0.3, -0.25) is 4.79 Å². The molecule has 27 heavy (non-hydrogen) atoms. The van der Waals surface area contributed by atoms with Crippen molar-refractivity contribution in [3.05, 3.63) is 66.6 Å². The SMILES string of the molecule is Cc1ccc(-n2cccc2)cc1NC(=O)C1CCCN(c2cccnn2)C1. The van der Waals surface area contributed by atoms with Crippen molar-refractivity contribution in [1.29, 1.82) is 0 Å². The summed E-state index contributed by atoms with van der Waals surface area (Å²) in [5.41, 5.74) is 2.95. The first kappa shape index (κ1) is 17.3. The maximum absolute atomic E-state index is 12.9. The minimum atomic E-state index is -0.0598. The zero-order valence-corrected chi connectivity index (χ0v) is 15.4. The molecule has 0 bridgehead atoms.